The lowest BCUT2D eigenvalue weighted by atomic mass is 10.0. The first-order chi connectivity index (χ1) is 14.6. The summed E-state index contributed by atoms with van der Waals surface area (Å²) in [4.78, 5) is 4.94. The van der Waals surface area contributed by atoms with Crippen molar-refractivity contribution >= 4 is 28.7 Å². The Bertz CT molecular complexity index is 1010. The molecule has 4 rings (SSSR count). The van der Waals surface area contributed by atoms with Crippen LogP contribution in [0, 0.1) is 6.92 Å². The lowest BCUT2D eigenvalue weighted by Crippen LogP contribution is -2.43. The largest absolute Gasteiger partial charge is 0.385 e. The second-order valence-electron chi connectivity index (χ2n) is 8.35. The van der Waals surface area contributed by atoms with E-state index < -0.39 is 0 Å². The maximum atomic E-state index is 4.56. The molecular weight excluding hydrogens is 370 g/mol. The van der Waals surface area contributed by atoms with E-state index in [2.05, 4.69) is 94.8 Å². The Balaban J connectivity index is 1.51. The van der Waals surface area contributed by atoms with Gasteiger partial charge in [-0.25, -0.2) is 0 Å². The predicted molar refractivity (Wildman–Crippen MR) is 128 cm³/mol. The second kappa shape index (κ2) is 9.45. The Morgan fingerprint density at radius 3 is 2.73 bits per heavy atom. The number of aryl methyl sites for hydroxylation is 1. The first-order valence-corrected chi connectivity index (χ1v) is 11.0. The highest BCUT2D eigenvalue weighted by molar-refractivity contribution is 5.94. The highest BCUT2D eigenvalue weighted by atomic mass is 15.2. The molecule has 5 heteroatoms. The number of H-pyrrole nitrogens is 1. The van der Waals surface area contributed by atoms with Crippen LogP contribution < -0.4 is 5.32 Å². The molecule has 1 fully saturated rings. The van der Waals surface area contributed by atoms with Crippen LogP contribution in [0.5, 0.6) is 0 Å². The number of nitrogens with zero attached hydrogens (tertiary/aromatic N) is 3. The van der Waals surface area contributed by atoms with Crippen LogP contribution in [0.4, 0.5) is 5.69 Å². The fourth-order valence-electron chi connectivity index (χ4n) is 4.12. The summed E-state index contributed by atoms with van der Waals surface area (Å²) in [5.74, 6) is 0. The number of rotatable bonds is 7. The minimum absolute atomic E-state index is 0.982. The Morgan fingerprint density at radius 1 is 1.10 bits per heavy atom. The van der Waals surface area contributed by atoms with Gasteiger partial charge in [0.1, 0.15) is 0 Å². The van der Waals surface area contributed by atoms with E-state index in [4.69, 9.17) is 0 Å². The van der Waals surface area contributed by atoms with Gasteiger partial charge in [-0.3, -0.25) is 10.00 Å². The standard InChI is InChI=1S/C25H33N5/c1-4-12-26-22-10-11-24-25(19(22)2)23(27-28-24)9-8-20-6-5-7-21(17-20)18-30-15-13-29(3)14-16-30/h5-11,17,26H,4,12-16,18H2,1-3H3,(H,27,28). The number of piperazine rings is 1. The van der Waals surface area contributed by atoms with Crippen molar-refractivity contribution in [3.05, 3.63) is 58.8 Å². The molecule has 1 aromatic heterocycles. The third-order valence-corrected chi connectivity index (χ3v) is 5.97. The SMILES string of the molecule is CCCNc1ccc2[nH]nc(C=Cc3cccc(CN4CCN(C)CC4)c3)c2c1C. The molecule has 1 aliphatic heterocycles. The Kier molecular flexibility index (Phi) is 6.50. The number of benzene rings is 2. The fourth-order valence-corrected chi connectivity index (χ4v) is 4.12. The van der Waals surface area contributed by atoms with Gasteiger partial charge in [-0.15, -0.1) is 0 Å². The van der Waals surface area contributed by atoms with E-state index in [0.29, 0.717) is 0 Å². The van der Waals surface area contributed by atoms with E-state index >= 15 is 0 Å². The second-order valence-corrected chi connectivity index (χ2v) is 8.35. The molecule has 0 bridgehead atoms. The number of nitrogens with one attached hydrogen (secondary N) is 2. The topological polar surface area (TPSA) is 47.2 Å². The lowest BCUT2D eigenvalue weighted by Gasteiger charge is -2.32. The van der Waals surface area contributed by atoms with Crippen LogP contribution in [0.25, 0.3) is 23.1 Å². The molecule has 1 saturated heterocycles. The highest BCUT2D eigenvalue weighted by Gasteiger charge is 2.14. The molecular formula is C25H33N5. The number of anilines is 1. The molecule has 0 amide bonds. The van der Waals surface area contributed by atoms with E-state index in [1.165, 1.54) is 27.8 Å². The van der Waals surface area contributed by atoms with Crippen LogP contribution in [0.1, 0.15) is 35.7 Å². The monoisotopic (exact) mass is 403 g/mol. The third-order valence-electron chi connectivity index (χ3n) is 5.97. The zero-order valence-corrected chi connectivity index (χ0v) is 18.4. The molecule has 0 atom stereocenters. The van der Waals surface area contributed by atoms with Crippen LogP contribution in [-0.4, -0.2) is 59.8 Å². The van der Waals surface area contributed by atoms with Gasteiger partial charge in [-0.2, -0.15) is 5.10 Å². The summed E-state index contributed by atoms with van der Waals surface area (Å²) in [5.41, 5.74) is 7.10. The van der Waals surface area contributed by atoms with E-state index in [1.807, 2.05) is 0 Å². The summed E-state index contributed by atoms with van der Waals surface area (Å²) in [7, 11) is 2.20. The molecule has 158 valence electrons. The summed E-state index contributed by atoms with van der Waals surface area (Å²) in [6.07, 6.45) is 5.42. The molecule has 2 aromatic carbocycles. The maximum Gasteiger partial charge on any atom is 0.0930 e. The molecule has 0 spiro atoms. The average Bonchev–Trinajstić information content (AvgIpc) is 3.18. The van der Waals surface area contributed by atoms with E-state index in [1.54, 1.807) is 0 Å². The summed E-state index contributed by atoms with van der Waals surface area (Å²) in [6.45, 7) is 10.9. The van der Waals surface area contributed by atoms with Crippen LogP contribution in [-0.2, 0) is 6.54 Å². The molecule has 30 heavy (non-hydrogen) atoms. The van der Waals surface area contributed by atoms with Crippen LogP contribution in [0.2, 0.25) is 0 Å². The van der Waals surface area contributed by atoms with Gasteiger partial charge in [-0.05, 0) is 55.3 Å². The van der Waals surface area contributed by atoms with Crippen molar-refractivity contribution in [1.29, 1.82) is 0 Å². The van der Waals surface area contributed by atoms with Gasteiger partial charge in [-0.1, -0.05) is 37.3 Å². The van der Waals surface area contributed by atoms with Gasteiger partial charge in [0.2, 0.25) is 0 Å². The molecule has 2 N–H and O–H groups in total. The number of fused-ring (bicyclic) bond motifs is 1. The number of likely N-dealkylation sites (N-methyl/N-ethyl adjacent to an activating group) is 1. The molecule has 0 radical (unpaired) electrons. The van der Waals surface area contributed by atoms with Crippen LogP contribution in [0.3, 0.4) is 0 Å². The van der Waals surface area contributed by atoms with Gasteiger partial charge in [0.15, 0.2) is 0 Å². The maximum absolute atomic E-state index is 4.56. The molecule has 2 heterocycles. The normalized spacial score (nSPS) is 16.0. The third kappa shape index (κ3) is 4.74. The Labute approximate surface area is 179 Å². The van der Waals surface area contributed by atoms with E-state index in [-0.39, 0.29) is 0 Å². The first kappa shape index (κ1) is 20.6. The lowest BCUT2D eigenvalue weighted by molar-refractivity contribution is 0.148. The molecule has 0 aliphatic carbocycles. The van der Waals surface area contributed by atoms with Crippen LogP contribution >= 0.6 is 0 Å². The highest BCUT2D eigenvalue weighted by Crippen LogP contribution is 2.28. The first-order valence-electron chi connectivity index (χ1n) is 11.0. The summed E-state index contributed by atoms with van der Waals surface area (Å²) in [5, 5.41) is 12.5. The molecule has 3 aromatic rings. The van der Waals surface area contributed by atoms with Gasteiger partial charge in [0, 0.05) is 50.3 Å². The summed E-state index contributed by atoms with van der Waals surface area (Å²) < 4.78 is 0. The van der Waals surface area contributed by atoms with Gasteiger partial charge in [0.05, 0.1) is 11.2 Å². The van der Waals surface area contributed by atoms with Gasteiger partial charge >= 0.3 is 0 Å². The quantitative estimate of drug-likeness (QED) is 0.605. The fraction of sp³-hybridized carbons (Fsp3) is 0.400. The van der Waals surface area contributed by atoms with Crippen LogP contribution in [0.15, 0.2) is 36.4 Å². The smallest absolute Gasteiger partial charge is 0.0930 e. The molecule has 5 nitrogen and oxygen atoms in total. The molecule has 0 unspecified atom stereocenters. The van der Waals surface area contributed by atoms with Crippen molar-refractivity contribution in [3.63, 3.8) is 0 Å². The summed E-state index contributed by atoms with van der Waals surface area (Å²) >= 11 is 0. The number of hydrogen-bond acceptors (Lipinski definition) is 4. The van der Waals surface area contributed by atoms with Crippen molar-refractivity contribution in [3.8, 4) is 0 Å². The zero-order chi connectivity index (χ0) is 20.9. The Morgan fingerprint density at radius 2 is 1.93 bits per heavy atom. The summed E-state index contributed by atoms with van der Waals surface area (Å²) in [6, 6.07) is 13.1. The van der Waals surface area contributed by atoms with E-state index in [0.717, 1.165) is 56.9 Å². The Hall–Kier alpha value is -2.63. The van der Waals surface area contributed by atoms with Crippen molar-refractivity contribution < 1.29 is 0 Å². The zero-order valence-electron chi connectivity index (χ0n) is 18.4. The number of aromatic nitrogens is 2. The van der Waals surface area contributed by atoms with Crippen molar-refractivity contribution in [1.82, 2.24) is 20.0 Å². The molecule has 0 saturated carbocycles. The average molecular weight is 404 g/mol. The molecule has 1 aliphatic rings. The van der Waals surface area contributed by atoms with Gasteiger partial charge in [0.25, 0.3) is 0 Å². The van der Waals surface area contributed by atoms with Crippen molar-refractivity contribution in [2.24, 2.45) is 0 Å². The number of aromatic amines is 1. The van der Waals surface area contributed by atoms with Crippen molar-refractivity contribution in [2.75, 3.05) is 45.1 Å². The minimum Gasteiger partial charge on any atom is -0.385 e. The number of hydrogen-bond donors (Lipinski definition) is 2. The van der Waals surface area contributed by atoms with Crippen molar-refractivity contribution in [2.45, 2.75) is 26.8 Å². The predicted octanol–water partition coefficient (Wildman–Crippen LogP) is 4.61. The van der Waals surface area contributed by atoms with Gasteiger partial charge < -0.3 is 10.2 Å². The minimum atomic E-state index is 0.982. The van der Waals surface area contributed by atoms with E-state index in [9.17, 15) is 0 Å².